The highest BCUT2D eigenvalue weighted by Crippen LogP contribution is 2.21. The van der Waals surface area contributed by atoms with Gasteiger partial charge in [-0.25, -0.2) is 18.1 Å². The first-order valence-electron chi connectivity index (χ1n) is 8.61. The molecular formula is C19H21N3O4S. The topological polar surface area (TPSA) is 101 Å². The second-order valence-electron chi connectivity index (χ2n) is 6.40. The van der Waals surface area contributed by atoms with Crippen LogP contribution < -0.4 is 10.0 Å². The lowest BCUT2D eigenvalue weighted by Crippen LogP contribution is -2.30. The Hall–Kier alpha value is -2.71. The fourth-order valence-electron chi connectivity index (χ4n) is 2.59. The molecule has 1 heterocycles. The Morgan fingerprint density at radius 3 is 2.67 bits per heavy atom. The fraction of sp³-hybridized carbons (Fsp3) is 0.263. The molecule has 1 aromatic heterocycles. The summed E-state index contributed by atoms with van der Waals surface area (Å²) in [5, 5.41) is 2.76. The van der Waals surface area contributed by atoms with E-state index in [4.69, 9.17) is 4.42 Å². The minimum absolute atomic E-state index is 0.0448. The molecule has 27 heavy (non-hydrogen) atoms. The van der Waals surface area contributed by atoms with Crippen molar-refractivity contribution < 1.29 is 17.6 Å². The Kier molecular flexibility index (Phi) is 5.29. The number of oxazole rings is 1. The summed E-state index contributed by atoms with van der Waals surface area (Å²) < 4.78 is 32.6. The first-order valence-corrected chi connectivity index (χ1v) is 10.1. The molecule has 0 atom stereocenters. The third-order valence-electron chi connectivity index (χ3n) is 3.79. The summed E-state index contributed by atoms with van der Waals surface area (Å²) in [5.74, 6) is 0.221. The zero-order chi connectivity index (χ0) is 19.6. The number of nitrogens with zero attached hydrogens (tertiary/aromatic N) is 1. The highest BCUT2D eigenvalue weighted by atomic mass is 32.2. The van der Waals surface area contributed by atoms with Gasteiger partial charge < -0.3 is 9.73 Å². The minimum Gasteiger partial charge on any atom is -0.441 e. The van der Waals surface area contributed by atoms with E-state index in [1.165, 1.54) is 18.2 Å². The number of hydrogen-bond acceptors (Lipinski definition) is 5. The van der Waals surface area contributed by atoms with Gasteiger partial charge in [0.25, 0.3) is 5.91 Å². The Balaban J connectivity index is 1.83. The fourth-order valence-corrected chi connectivity index (χ4v) is 3.89. The Morgan fingerprint density at radius 1 is 1.19 bits per heavy atom. The van der Waals surface area contributed by atoms with E-state index >= 15 is 0 Å². The first-order chi connectivity index (χ1) is 12.8. The van der Waals surface area contributed by atoms with Crippen molar-refractivity contribution in [1.29, 1.82) is 0 Å². The maximum atomic E-state index is 12.5. The molecule has 1 amide bonds. The molecule has 7 nitrogen and oxygen atoms in total. The number of carbonyl (C=O) groups excluding carboxylic acids is 1. The van der Waals surface area contributed by atoms with E-state index in [1.54, 1.807) is 38.1 Å². The molecule has 0 bridgehead atoms. The van der Waals surface area contributed by atoms with Crippen molar-refractivity contribution >= 4 is 32.7 Å². The SMILES string of the molecule is CCc1nc2cc(NC(=O)c3cccc(S(=O)(=O)NC(C)C)c3)ccc2o1. The van der Waals surface area contributed by atoms with Gasteiger partial charge in [-0.2, -0.15) is 0 Å². The van der Waals surface area contributed by atoms with E-state index < -0.39 is 15.9 Å². The third-order valence-corrected chi connectivity index (χ3v) is 5.45. The average molecular weight is 387 g/mol. The molecule has 3 rings (SSSR count). The molecule has 0 spiro atoms. The van der Waals surface area contributed by atoms with E-state index in [-0.39, 0.29) is 16.5 Å². The standard InChI is InChI=1S/C19H21N3O4S/c1-4-18-21-16-11-14(8-9-17(16)26-18)20-19(23)13-6-5-7-15(10-13)27(24,25)22-12(2)3/h5-12,22H,4H2,1-3H3,(H,20,23). The lowest BCUT2D eigenvalue weighted by Gasteiger charge is -2.11. The number of amides is 1. The van der Waals surface area contributed by atoms with E-state index in [1.807, 2.05) is 6.92 Å². The van der Waals surface area contributed by atoms with Gasteiger partial charge in [-0.1, -0.05) is 13.0 Å². The molecule has 0 aliphatic heterocycles. The van der Waals surface area contributed by atoms with Gasteiger partial charge in [0.15, 0.2) is 11.5 Å². The van der Waals surface area contributed by atoms with Crippen molar-refractivity contribution in [3.8, 4) is 0 Å². The Bertz CT molecular complexity index is 1090. The van der Waals surface area contributed by atoms with E-state index in [2.05, 4.69) is 15.0 Å². The summed E-state index contributed by atoms with van der Waals surface area (Å²) in [4.78, 5) is 16.9. The molecule has 0 saturated heterocycles. The van der Waals surface area contributed by atoms with Crippen molar-refractivity contribution in [2.45, 2.75) is 38.1 Å². The molecule has 0 unspecified atom stereocenters. The summed E-state index contributed by atoms with van der Waals surface area (Å²) in [6.07, 6.45) is 0.683. The summed E-state index contributed by atoms with van der Waals surface area (Å²) in [6, 6.07) is 10.8. The van der Waals surface area contributed by atoms with Crippen molar-refractivity contribution in [2.24, 2.45) is 0 Å². The lowest BCUT2D eigenvalue weighted by atomic mass is 10.2. The van der Waals surface area contributed by atoms with Crippen LogP contribution >= 0.6 is 0 Å². The zero-order valence-electron chi connectivity index (χ0n) is 15.3. The second kappa shape index (κ2) is 7.50. The van der Waals surface area contributed by atoms with Gasteiger partial charge in [-0.3, -0.25) is 4.79 Å². The van der Waals surface area contributed by atoms with Crippen LogP contribution in [0.15, 0.2) is 51.8 Å². The van der Waals surface area contributed by atoms with Gasteiger partial charge in [0, 0.05) is 23.7 Å². The Labute approximate surface area is 157 Å². The van der Waals surface area contributed by atoms with Crippen LogP contribution in [0.1, 0.15) is 37.0 Å². The molecular weight excluding hydrogens is 366 g/mol. The molecule has 0 fully saturated rings. The number of hydrogen-bond donors (Lipinski definition) is 2. The third kappa shape index (κ3) is 4.35. The molecule has 0 saturated carbocycles. The Morgan fingerprint density at radius 2 is 1.96 bits per heavy atom. The number of benzene rings is 2. The molecule has 0 radical (unpaired) electrons. The number of rotatable bonds is 6. The normalized spacial score (nSPS) is 11.9. The maximum Gasteiger partial charge on any atom is 0.255 e. The quantitative estimate of drug-likeness (QED) is 0.675. The van der Waals surface area contributed by atoms with Crippen LogP contribution in [0.25, 0.3) is 11.1 Å². The van der Waals surface area contributed by atoms with Crippen molar-refractivity contribution in [3.63, 3.8) is 0 Å². The average Bonchev–Trinajstić information content (AvgIpc) is 3.03. The van der Waals surface area contributed by atoms with Crippen molar-refractivity contribution in [1.82, 2.24) is 9.71 Å². The molecule has 3 aromatic rings. The summed E-state index contributed by atoms with van der Waals surface area (Å²) in [5.41, 5.74) is 2.10. The molecule has 0 aliphatic rings. The highest BCUT2D eigenvalue weighted by molar-refractivity contribution is 7.89. The number of nitrogens with one attached hydrogen (secondary N) is 2. The molecule has 0 aliphatic carbocycles. The van der Waals surface area contributed by atoms with Gasteiger partial charge in [0.05, 0.1) is 4.90 Å². The molecule has 2 aromatic carbocycles. The molecule has 2 N–H and O–H groups in total. The van der Waals surface area contributed by atoms with Crippen LogP contribution in [0.3, 0.4) is 0 Å². The molecule has 142 valence electrons. The van der Waals surface area contributed by atoms with Gasteiger partial charge in [-0.15, -0.1) is 0 Å². The zero-order valence-corrected chi connectivity index (χ0v) is 16.1. The summed E-state index contributed by atoms with van der Waals surface area (Å²) >= 11 is 0. The number of aromatic nitrogens is 1. The van der Waals surface area contributed by atoms with Crippen LogP contribution in [-0.4, -0.2) is 25.4 Å². The van der Waals surface area contributed by atoms with Crippen LogP contribution in [0.4, 0.5) is 5.69 Å². The first kappa shape index (κ1) is 19.1. The van der Waals surface area contributed by atoms with Crippen LogP contribution in [0.2, 0.25) is 0 Å². The van der Waals surface area contributed by atoms with Crippen LogP contribution in [0.5, 0.6) is 0 Å². The van der Waals surface area contributed by atoms with Crippen LogP contribution in [0, 0.1) is 0 Å². The number of aryl methyl sites for hydroxylation is 1. The lowest BCUT2D eigenvalue weighted by molar-refractivity contribution is 0.102. The van der Waals surface area contributed by atoms with E-state index in [0.29, 0.717) is 29.1 Å². The van der Waals surface area contributed by atoms with Crippen molar-refractivity contribution in [2.75, 3.05) is 5.32 Å². The van der Waals surface area contributed by atoms with Crippen LogP contribution in [-0.2, 0) is 16.4 Å². The highest BCUT2D eigenvalue weighted by Gasteiger charge is 2.17. The van der Waals surface area contributed by atoms with Crippen molar-refractivity contribution in [3.05, 3.63) is 53.9 Å². The summed E-state index contributed by atoms with van der Waals surface area (Å²) in [6.45, 7) is 5.42. The second-order valence-corrected chi connectivity index (χ2v) is 8.12. The predicted octanol–water partition coefficient (Wildman–Crippen LogP) is 3.33. The molecule has 8 heteroatoms. The smallest absolute Gasteiger partial charge is 0.255 e. The maximum absolute atomic E-state index is 12.5. The van der Waals surface area contributed by atoms with E-state index in [9.17, 15) is 13.2 Å². The summed E-state index contributed by atoms with van der Waals surface area (Å²) in [7, 11) is -3.67. The predicted molar refractivity (Wildman–Crippen MR) is 103 cm³/mol. The van der Waals surface area contributed by atoms with E-state index in [0.717, 1.165) is 0 Å². The number of carbonyl (C=O) groups is 1. The monoisotopic (exact) mass is 387 g/mol. The van der Waals surface area contributed by atoms with Gasteiger partial charge >= 0.3 is 0 Å². The number of sulfonamides is 1. The largest absolute Gasteiger partial charge is 0.441 e. The number of anilines is 1. The van der Waals surface area contributed by atoms with Gasteiger partial charge in [-0.05, 0) is 50.2 Å². The van der Waals surface area contributed by atoms with Gasteiger partial charge in [0.2, 0.25) is 10.0 Å². The minimum atomic E-state index is -3.67. The van der Waals surface area contributed by atoms with Gasteiger partial charge in [0.1, 0.15) is 5.52 Å². The number of fused-ring (bicyclic) bond motifs is 1.